The minimum absolute atomic E-state index is 0.863. The van der Waals surface area contributed by atoms with Gasteiger partial charge < -0.3 is 5.32 Å². The lowest BCUT2D eigenvalue weighted by Gasteiger charge is -2.01. The van der Waals surface area contributed by atoms with Crippen molar-refractivity contribution in [3.63, 3.8) is 0 Å². The van der Waals surface area contributed by atoms with Gasteiger partial charge in [0.2, 0.25) is 0 Å². The lowest BCUT2D eigenvalue weighted by Crippen LogP contribution is -1.87. The molecule has 2 rings (SSSR count). The fourth-order valence-corrected chi connectivity index (χ4v) is 2.40. The van der Waals surface area contributed by atoms with E-state index in [-0.39, 0.29) is 0 Å². The molecule has 5 heteroatoms. The minimum atomic E-state index is 0.863. The van der Waals surface area contributed by atoms with Crippen LogP contribution in [0.15, 0.2) is 38.7 Å². The molecule has 0 bridgehead atoms. The lowest BCUT2D eigenvalue weighted by molar-refractivity contribution is 1.34. The normalized spacial score (nSPS) is 10.1. The molecule has 0 saturated heterocycles. The van der Waals surface area contributed by atoms with Crippen molar-refractivity contribution in [3.05, 3.63) is 38.7 Å². The van der Waals surface area contributed by atoms with Gasteiger partial charge in [-0.2, -0.15) is 0 Å². The number of anilines is 2. The first kappa shape index (κ1) is 10.1. The topological polar surface area (TPSA) is 24.9 Å². The van der Waals surface area contributed by atoms with Crippen molar-refractivity contribution < 1.29 is 0 Å². The molecule has 0 amide bonds. The summed E-state index contributed by atoms with van der Waals surface area (Å²) in [5, 5.41) is 6.04. The van der Waals surface area contributed by atoms with Crippen molar-refractivity contribution in [1.82, 2.24) is 4.98 Å². The highest BCUT2D eigenvalue weighted by atomic mass is 79.9. The fraction of sp³-hybridized carbons (Fsp3) is 0. The summed E-state index contributed by atoms with van der Waals surface area (Å²) < 4.78 is 1.94. The first-order valence-electron chi connectivity index (χ1n) is 3.88. The van der Waals surface area contributed by atoms with Crippen molar-refractivity contribution in [2.24, 2.45) is 0 Å². The monoisotopic (exact) mass is 332 g/mol. The number of hydrogen-bond acceptors (Lipinski definition) is 3. The summed E-state index contributed by atoms with van der Waals surface area (Å²) in [5.41, 5.74) is 1.04. The molecule has 0 radical (unpaired) electrons. The van der Waals surface area contributed by atoms with Crippen LogP contribution >= 0.6 is 43.2 Å². The van der Waals surface area contributed by atoms with Gasteiger partial charge in [0.25, 0.3) is 0 Å². The molecule has 0 aliphatic heterocycles. The average Bonchev–Trinajstić information content (AvgIpc) is 2.56. The second-order valence-electron chi connectivity index (χ2n) is 2.61. The molecule has 0 atom stereocenters. The van der Waals surface area contributed by atoms with Gasteiger partial charge in [-0.25, -0.2) is 4.98 Å². The van der Waals surface area contributed by atoms with Crippen molar-refractivity contribution >= 4 is 54.0 Å². The van der Waals surface area contributed by atoms with E-state index in [4.69, 9.17) is 0 Å². The average molecular weight is 334 g/mol. The van der Waals surface area contributed by atoms with Crippen LogP contribution in [0.25, 0.3) is 0 Å². The number of hydrogen-bond donors (Lipinski definition) is 1. The molecule has 1 aromatic carbocycles. The predicted molar refractivity (Wildman–Crippen MR) is 67.2 cm³/mol. The summed E-state index contributed by atoms with van der Waals surface area (Å²) in [6.45, 7) is 0. The van der Waals surface area contributed by atoms with Gasteiger partial charge in [-0.05, 0) is 40.2 Å². The minimum Gasteiger partial charge on any atom is -0.332 e. The molecule has 0 fully saturated rings. The Labute approximate surface area is 103 Å². The van der Waals surface area contributed by atoms with E-state index in [2.05, 4.69) is 42.2 Å². The Morgan fingerprint density at radius 1 is 1.14 bits per heavy atom. The van der Waals surface area contributed by atoms with Crippen LogP contribution in [-0.4, -0.2) is 4.98 Å². The second-order valence-corrected chi connectivity index (χ2v) is 5.19. The summed E-state index contributed by atoms with van der Waals surface area (Å²) in [6, 6.07) is 7.98. The first-order chi connectivity index (χ1) is 6.74. The van der Waals surface area contributed by atoms with Gasteiger partial charge in [0, 0.05) is 15.5 Å². The largest absolute Gasteiger partial charge is 0.332 e. The highest BCUT2D eigenvalue weighted by molar-refractivity contribution is 9.10. The van der Waals surface area contributed by atoms with Gasteiger partial charge >= 0.3 is 0 Å². The first-order valence-corrected chi connectivity index (χ1v) is 6.34. The zero-order valence-corrected chi connectivity index (χ0v) is 11.0. The van der Waals surface area contributed by atoms with E-state index in [0.29, 0.717) is 0 Å². The molecule has 2 aromatic rings. The van der Waals surface area contributed by atoms with E-state index in [0.717, 1.165) is 19.9 Å². The van der Waals surface area contributed by atoms with Crippen molar-refractivity contribution in [3.8, 4) is 0 Å². The standard InChI is InChI=1S/C9H6Br2N2S/c10-6-1-3-7(4-2-6)12-9-13-8(11)5-14-9/h1-5H,(H,12,13). The quantitative estimate of drug-likeness (QED) is 0.880. The molecule has 0 aliphatic carbocycles. The molecular formula is C9H6Br2N2S. The third-order valence-electron chi connectivity index (χ3n) is 1.57. The summed E-state index contributed by atoms with van der Waals surface area (Å²) >= 11 is 8.26. The molecule has 0 saturated carbocycles. The summed E-state index contributed by atoms with van der Waals surface area (Å²) in [5.74, 6) is 0. The molecule has 2 nitrogen and oxygen atoms in total. The smallest absolute Gasteiger partial charge is 0.188 e. The Morgan fingerprint density at radius 2 is 1.86 bits per heavy atom. The molecule has 1 aromatic heterocycles. The molecule has 1 heterocycles. The van der Waals surface area contributed by atoms with Crippen LogP contribution in [0.5, 0.6) is 0 Å². The Bertz CT molecular complexity index is 425. The van der Waals surface area contributed by atoms with Crippen LogP contribution in [0.1, 0.15) is 0 Å². The molecule has 0 spiro atoms. The molecular weight excluding hydrogens is 328 g/mol. The maximum Gasteiger partial charge on any atom is 0.188 e. The second kappa shape index (κ2) is 4.42. The van der Waals surface area contributed by atoms with Crippen molar-refractivity contribution in [2.75, 3.05) is 5.32 Å². The number of thiazole rings is 1. The maximum absolute atomic E-state index is 4.24. The molecule has 1 N–H and O–H groups in total. The van der Waals surface area contributed by atoms with Crippen molar-refractivity contribution in [2.45, 2.75) is 0 Å². The fourth-order valence-electron chi connectivity index (χ4n) is 0.968. The van der Waals surface area contributed by atoms with E-state index in [1.807, 2.05) is 29.6 Å². The molecule has 0 unspecified atom stereocenters. The number of nitrogens with zero attached hydrogens (tertiary/aromatic N) is 1. The van der Waals surface area contributed by atoms with Gasteiger partial charge in [0.1, 0.15) is 4.60 Å². The zero-order chi connectivity index (χ0) is 9.97. The SMILES string of the molecule is Brc1ccc(Nc2nc(Br)cs2)cc1. The lowest BCUT2D eigenvalue weighted by atomic mass is 10.3. The number of halogens is 2. The zero-order valence-electron chi connectivity index (χ0n) is 7.00. The van der Waals surface area contributed by atoms with Gasteiger partial charge in [-0.3, -0.25) is 0 Å². The summed E-state index contributed by atoms with van der Waals surface area (Å²) in [4.78, 5) is 4.24. The van der Waals surface area contributed by atoms with Crippen LogP contribution in [0, 0.1) is 0 Å². The van der Waals surface area contributed by atoms with Crippen LogP contribution in [0.4, 0.5) is 10.8 Å². The van der Waals surface area contributed by atoms with E-state index < -0.39 is 0 Å². The highest BCUT2D eigenvalue weighted by Crippen LogP contribution is 2.24. The number of aromatic nitrogens is 1. The van der Waals surface area contributed by atoms with E-state index >= 15 is 0 Å². The van der Waals surface area contributed by atoms with E-state index in [9.17, 15) is 0 Å². The molecule has 72 valence electrons. The molecule has 14 heavy (non-hydrogen) atoms. The Hall–Kier alpha value is -0.390. The Morgan fingerprint density at radius 3 is 2.43 bits per heavy atom. The third-order valence-corrected chi connectivity index (χ3v) is 3.57. The maximum atomic E-state index is 4.24. The summed E-state index contributed by atoms with van der Waals surface area (Å²) in [7, 11) is 0. The van der Waals surface area contributed by atoms with Gasteiger partial charge in [-0.1, -0.05) is 15.9 Å². The van der Waals surface area contributed by atoms with Gasteiger partial charge in [0.05, 0.1) is 0 Å². The van der Waals surface area contributed by atoms with Crippen molar-refractivity contribution in [1.29, 1.82) is 0 Å². The number of benzene rings is 1. The predicted octanol–water partition coefficient (Wildman–Crippen LogP) is 4.41. The number of nitrogens with one attached hydrogen (secondary N) is 1. The van der Waals surface area contributed by atoms with Crippen LogP contribution < -0.4 is 5.32 Å². The summed E-state index contributed by atoms with van der Waals surface area (Å²) in [6.07, 6.45) is 0. The van der Waals surface area contributed by atoms with E-state index in [1.54, 1.807) is 11.3 Å². The Kier molecular flexibility index (Phi) is 3.20. The Balaban J connectivity index is 2.15. The van der Waals surface area contributed by atoms with Gasteiger partial charge in [0.15, 0.2) is 5.13 Å². The van der Waals surface area contributed by atoms with E-state index in [1.165, 1.54) is 0 Å². The van der Waals surface area contributed by atoms with Gasteiger partial charge in [-0.15, -0.1) is 11.3 Å². The van der Waals surface area contributed by atoms with Crippen LogP contribution in [0.3, 0.4) is 0 Å². The highest BCUT2D eigenvalue weighted by Gasteiger charge is 1.99. The number of rotatable bonds is 2. The third kappa shape index (κ3) is 2.56. The molecule has 0 aliphatic rings. The van der Waals surface area contributed by atoms with Crippen LogP contribution in [-0.2, 0) is 0 Å². The van der Waals surface area contributed by atoms with Crippen LogP contribution in [0.2, 0.25) is 0 Å².